The molecule has 100 valence electrons. The third-order valence-electron chi connectivity index (χ3n) is 2.00. The van der Waals surface area contributed by atoms with Gasteiger partial charge in [-0.15, -0.1) is 11.8 Å². The molecule has 0 aromatic heterocycles. The minimum absolute atomic E-state index is 0.153. The van der Waals surface area contributed by atoms with E-state index < -0.39 is 16.1 Å². The van der Waals surface area contributed by atoms with Crippen molar-refractivity contribution < 1.29 is 13.2 Å². The van der Waals surface area contributed by atoms with Crippen LogP contribution in [-0.2, 0) is 10.0 Å². The van der Waals surface area contributed by atoms with Crippen molar-refractivity contribution in [1.82, 2.24) is 10.0 Å². The molecule has 0 unspecified atom stereocenters. The second-order valence-electron chi connectivity index (χ2n) is 3.39. The van der Waals surface area contributed by atoms with Crippen LogP contribution in [0.15, 0.2) is 29.2 Å². The maximum atomic E-state index is 11.5. The van der Waals surface area contributed by atoms with E-state index in [-0.39, 0.29) is 5.75 Å². The Morgan fingerprint density at radius 3 is 2.67 bits per heavy atom. The Bertz CT molecular complexity index is 517. The summed E-state index contributed by atoms with van der Waals surface area (Å²) < 4.78 is 24.8. The fourth-order valence-electron chi connectivity index (χ4n) is 1.12. The van der Waals surface area contributed by atoms with Crippen LogP contribution in [0.25, 0.3) is 0 Å². The fourth-order valence-corrected chi connectivity index (χ4v) is 3.44. The van der Waals surface area contributed by atoms with Gasteiger partial charge in [-0.05, 0) is 12.1 Å². The summed E-state index contributed by atoms with van der Waals surface area (Å²) in [6.45, 7) is 0. The van der Waals surface area contributed by atoms with Crippen LogP contribution in [-0.4, -0.2) is 33.0 Å². The minimum Gasteiger partial charge on any atom is -0.398 e. The fraction of sp³-hybridized carbons (Fsp3) is 0.300. The Hall–Kier alpha value is -1.41. The topological polar surface area (TPSA) is 101 Å². The molecule has 0 radical (unpaired) electrons. The Labute approximate surface area is 110 Å². The second-order valence-corrected chi connectivity index (χ2v) is 6.36. The summed E-state index contributed by atoms with van der Waals surface area (Å²) in [6, 6.07) is 6.47. The predicted octanol–water partition coefficient (Wildman–Crippen LogP) is 0.620. The summed E-state index contributed by atoms with van der Waals surface area (Å²) in [5.74, 6) is 0.167. The number of amides is 2. The lowest BCUT2D eigenvalue weighted by Crippen LogP contribution is -2.39. The number of nitrogens with two attached hydrogens (primary N) is 1. The van der Waals surface area contributed by atoms with E-state index in [1.165, 1.54) is 18.8 Å². The second kappa shape index (κ2) is 6.50. The Balaban J connectivity index is 2.47. The quantitative estimate of drug-likeness (QED) is 0.545. The van der Waals surface area contributed by atoms with Gasteiger partial charge < -0.3 is 11.1 Å². The van der Waals surface area contributed by atoms with Gasteiger partial charge in [0.2, 0.25) is 10.0 Å². The molecule has 4 N–H and O–H groups in total. The van der Waals surface area contributed by atoms with Gasteiger partial charge in [-0.25, -0.2) is 17.9 Å². The zero-order chi connectivity index (χ0) is 13.6. The zero-order valence-electron chi connectivity index (χ0n) is 9.84. The molecule has 0 bridgehead atoms. The summed E-state index contributed by atoms with van der Waals surface area (Å²) in [7, 11) is -2.25. The smallest absolute Gasteiger partial charge is 0.328 e. The van der Waals surface area contributed by atoms with E-state index in [0.29, 0.717) is 11.4 Å². The van der Waals surface area contributed by atoms with Crippen LogP contribution in [0, 0.1) is 0 Å². The molecule has 0 saturated carbocycles. The van der Waals surface area contributed by atoms with Gasteiger partial charge in [0, 0.05) is 23.4 Å². The first kappa shape index (κ1) is 14.7. The molecule has 1 aromatic rings. The number of benzene rings is 1. The summed E-state index contributed by atoms with van der Waals surface area (Å²) >= 11 is 1.33. The van der Waals surface area contributed by atoms with Crippen molar-refractivity contribution in [3.63, 3.8) is 0 Å². The third-order valence-corrected chi connectivity index (χ3v) is 4.59. The molecule has 1 rings (SSSR count). The number of carbonyl (C=O) groups excluding carboxylic acids is 1. The summed E-state index contributed by atoms with van der Waals surface area (Å²) in [6.07, 6.45) is 0. The van der Waals surface area contributed by atoms with Gasteiger partial charge in [0.1, 0.15) is 0 Å². The monoisotopic (exact) mass is 289 g/mol. The highest BCUT2D eigenvalue weighted by Crippen LogP contribution is 2.24. The number of sulfonamides is 1. The summed E-state index contributed by atoms with van der Waals surface area (Å²) in [5, 5.41) is 2.18. The Kier molecular flexibility index (Phi) is 5.29. The highest BCUT2D eigenvalue weighted by molar-refractivity contribution is 8.00. The maximum Gasteiger partial charge on any atom is 0.328 e. The molecule has 2 amide bonds. The standard InChI is InChI=1S/C10H15N3O3S2/c1-12-10(14)13-18(15,16)7-6-17-9-5-3-2-4-8(9)11/h2-5H,6-7,11H2,1H3,(H2,12,13,14). The summed E-state index contributed by atoms with van der Waals surface area (Å²) in [4.78, 5) is 11.7. The van der Waals surface area contributed by atoms with Crippen molar-refractivity contribution in [1.29, 1.82) is 0 Å². The molecule has 0 aliphatic heterocycles. The zero-order valence-corrected chi connectivity index (χ0v) is 11.5. The lowest BCUT2D eigenvalue weighted by molar-refractivity contribution is 0.248. The highest BCUT2D eigenvalue weighted by atomic mass is 32.2. The van der Waals surface area contributed by atoms with Gasteiger partial charge in [0.05, 0.1) is 5.75 Å². The van der Waals surface area contributed by atoms with Gasteiger partial charge in [-0.3, -0.25) is 0 Å². The first-order chi connectivity index (χ1) is 8.44. The molecule has 8 heteroatoms. The SMILES string of the molecule is CNC(=O)NS(=O)(=O)CCSc1ccccc1N. The lowest BCUT2D eigenvalue weighted by Gasteiger charge is -2.07. The van der Waals surface area contributed by atoms with Crippen molar-refractivity contribution in [2.45, 2.75) is 4.90 Å². The largest absolute Gasteiger partial charge is 0.398 e. The molecule has 0 atom stereocenters. The van der Waals surface area contributed by atoms with Crippen LogP contribution in [0.2, 0.25) is 0 Å². The highest BCUT2D eigenvalue weighted by Gasteiger charge is 2.13. The van der Waals surface area contributed by atoms with Gasteiger partial charge in [-0.2, -0.15) is 0 Å². The molecule has 18 heavy (non-hydrogen) atoms. The molecule has 0 spiro atoms. The number of nitrogen functional groups attached to an aromatic ring is 1. The summed E-state index contributed by atoms with van der Waals surface area (Å²) in [5.41, 5.74) is 6.33. The number of carbonyl (C=O) groups is 1. The van der Waals surface area contributed by atoms with E-state index in [1.807, 2.05) is 22.9 Å². The van der Waals surface area contributed by atoms with E-state index in [0.717, 1.165) is 4.90 Å². The first-order valence-electron chi connectivity index (χ1n) is 5.14. The average Bonchev–Trinajstić information content (AvgIpc) is 2.30. The van der Waals surface area contributed by atoms with Crippen LogP contribution < -0.4 is 15.8 Å². The number of thioether (sulfide) groups is 1. The minimum atomic E-state index is -3.60. The molecule has 0 aliphatic carbocycles. The molecular formula is C10H15N3O3S2. The van der Waals surface area contributed by atoms with Crippen LogP contribution in [0.4, 0.5) is 10.5 Å². The van der Waals surface area contributed by atoms with E-state index >= 15 is 0 Å². The molecule has 1 aromatic carbocycles. The van der Waals surface area contributed by atoms with Gasteiger partial charge >= 0.3 is 6.03 Å². The average molecular weight is 289 g/mol. The van der Waals surface area contributed by atoms with E-state index in [2.05, 4.69) is 5.32 Å². The molecule has 0 fully saturated rings. The first-order valence-corrected chi connectivity index (χ1v) is 7.78. The predicted molar refractivity (Wildman–Crippen MR) is 73.0 cm³/mol. The van der Waals surface area contributed by atoms with Crippen LogP contribution >= 0.6 is 11.8 Å². The normalized spacial score (nSPS) is 10.9. The van der Waals surface area contributed by atoms with Gasteiger partial charge in [0.15, 0.2) is 0 Å². The van der Waals surface area contributed by atoms with Crippen LogP contribution in [0.1, 0.15) is 0 Å². The molecule has 0 aliphatic rings. The number of anilines is 1. The van der Waals surface area contributed by atoms with Crippen LogP contribution in [0.3, 0.4) is 0 Å². The van der Waals surface area contributed by atoms with Gasteiger partial charge in [0.25, 0.3) is 0 Å². The number of para-hydroxylation sites is 1. The van der Waals surface area contributed by atoms with Crippen molar-refractivity contribution in [2.75, 3.05) is 24.3 Å². The maximum absolute atomic E-state index is 11.5. The molecule has 6 nitrogen and oxygen atoms in total. The lowest BCUT2D eigenvalue weighted by atomic mass is 10.3. The van der Waals surface area contributed by atoms with E-state index in [1.54, 1.807) is 6.07 Å². The van der Waals surface area contributed by atoms with Crippen molar-refractivity contribution in [3.05, 3.63) is 24.3 Å². The van der Waals surface area contributed by atoms with Crippen molar-refractivity contribution in [3.8, 4) is 0 Å². The third kappa shape index (κ3) is 4.84. The number of hydrogen-bond donors (Lipinski definition) is 3. The Morgan fingerprint density at radius 1 is 1.39 bits per heavy atom. The van der Waals surface area contributed by atoms with Crippen molar-refractivity contribution in [2.24, 2.45) is 0 Å². The number of nitrogens with one attached hydrogen (secondary N) is 2. The molecule has 0 saturated heterocycles. The van der Waals surface area contributed by atoms with E-state index in [4.69, 9.17) is 5.73 Å². The Morgan fingerprint density at radius 2 is 2.06 bits per heavy atom. The number of urea groups is 1. The number of hydrogen-bond acceptors (Lipinski definition) is 5. The van der Waals surface area contributed by atoms with Crippen LogP contribution in [0.5, 0.6) is 0 Å². The number of rotatable bonds is 5. The molecule has 0 heterocycles. The van der Waals surface area contributed by atoms with E-state index in [9.17, 15) is 13.2 Å². The van der Waals surface area contributed by atoms with Gasteiger partial charge in [-0.1, -0.05) is 12.1 Å². The van der Waals surface area contributed by atoms with Crippen molar-refractivity contribution >= 4 is 33.5 Å². The molecular weight excluding hydrogens is 274 g/mol.